The van der Waals surface area contributed by atoms with Crippen molar-refractivity contribution in [1.82, 2.24) is 5.32 Å². The molecule has 2 fully saturated rings. The Hall–Kier alpha value is -1.55. The van der Waals surface area contributed by atoms with Gasteiger partial charge in [0.05, 0.1) is 16.6 Å². The van der Waals surface area contributed by atoms with Crippen molar-refractivity contribution >= 4 is 29.1 Å². The Balaban J connectivity index is 1.70. The lowest BCUT2D eigenvalue weighted by Gasteiger charge is -2.24. The van der Waals surface area contributed by atoms with E-state index < -0.39 is 0 Å². The van der Waals surface area contributed by atoms with Crippen molar-refractivity contribution in [2.24, 2.45) is 5.92 Å². The number of nitrogens with one attached hydrogen (secondary N) is 1. The summed E-state index contributed by atoms with van der Waals surface area (Å²) in [7, 11) is 0. The van der Waals surface area contributed by atoms with E-state index in [0.717, 1.165) is 29.7 Å². The number of nitrogens with zero attached hydrogens (tertiary/aromatic N) is 1. The number of hydrogen-bond acceptors (Lipinski definition) is 2. The maximum absolute atomic E-state index is 12.5. The summed E-state index contributed by atoms with van der Waals surface area (Å²) >= 11 is 6.37. The zero-order valence-corrected chi connectivity index (χ0v) is 15.2. The van der Waals surface area contributed by atoms with Gasteiger partial charge in [-0.1, -0.05) is 36.9 Å². The summed E-state index contributed by atoms with van der Waals surface area (Å²) in [6.07, 6.45) is 5.99. The van der Waals surface area contributed by atoms with Crippen molar-refractivity contribution in [3.63, 3.8) is 0 Å². The molecule has 2 aliphatic rings. The van der Waals surface area contributed by atoms with Crippen LogP contribution in [0.2, 0.25) is 5.02 Å². The summed E-state index contributed by atoms with van der Waals surface area (Å²) < 4.78 is 0. The second-order valence-electron chi connectivity index (χ2n) is 7.16. The van der Waals surface area contributed by atoms with E-state index in [0.29, 0.717) is 11.6 Å². The quantitative estimate of drug-likeness (QED) is 0.904. The predicted octanol–water partition coefficient (Wildman–Crippen LogP) is 3.76. The maximum Gasteiger partial charge on any atom is 0.227 e. The third-order valence-corrected chi connectivity index (χ3v) is 5.40. The normalized spacial score (nSPS) is 22.0. The highest BCUT2D eigenvalue weighted by Gasteiger charge is 2.37. The van der Waals surface area contributed by atoms with E-state index in [1.54, 1.807) is 4.90 Å². The number of rotatable bonds is 3. The molecule has 5 heteroatoms. The van der Waals surface area contributed by atoms with Crippen molar-refractivity contribution in [2.75, 3.05) is 11.4 Å². The Morgan fingerprint density at radius 3 is 2.58 bits per heavy atom. The fraction of sp³-hybridized carbons (Fsp3) is 0.579. The molecule has 4 nitrogen and oxygen atoms in total. The lowest BCUT2D eigenvalue weighted by molar-refractivity contribution is -0.127. The van der Waals surface area contributed by atoms with E-state index in [2.05, 4.69) is 5.32 Å². The summed E-state index contributed by atoms with van der Waals surface area (Å²) in [5, 5.41) is 3.72. The fourth-order valence-corrected chi connectivity index (χ4v) is 4.34. The molecule has 1 atom stereocenters. The molecule has 1 heterocycles. The van der Waals surface area contributed by atoms with E-state index in [1.165, 1.54) is 19.3 Å². The largest absolute Gasteiger partial charge is 0.353 e. The Morgan fingerprint density at radius 1 is 1.21 bits per heavy atom. The van der Waals surface area contributed by atoms with Gasteiger partial charge in [0.15, 0.2) is 0 Å². The van der Waals surface area contributed by atoms with Gasteiger partial charge in [-0.3, -0.25) is 9.59 Å². The zero-order chi connectivity index (χ0) is 17.3. The van der Waals surface area contributed by atoms with Crippen LogP contribution in [0.5, 0.6) is 0 Å². The highest BCUT2D eigenvalue weighted by molar-refractivity contribution is 6.34. The van der Waals surface area contributed by atoms with Crippen LogP contribution >= 0.6 is 11.6 Å². The van der Waals surface area contributed by atoms with Gasteiger partial charge in [0, 0.05) is 19.0 Å². The first kappa shape index (κ1) is 17.3. The van der Waals surface area contributed by atoms with Crippen LogP contribution in [0.15, 0.2) is 12.1 Å². The van der Waals surface area contributed by atoms with Crippen LogP contribution in [0, 0.1) is 19.8 Å². The molecule has 1 N–H and O–H groups in total. The molecule has 1 saturated carbocycles. The molecular weight excluding hydrogens is 324 g/mol. The number of anilines is 1. The predicted molar refractivity (Wildman–Crippen MR) is 96.4 cm³/mol. The third-order valence-electron chi connectivity index (χ3n) is 5.12. The minimum absolute atomic E-state index is 0.0126. The molecular formula is C19H25ClN2O2. The monoisotopic (exact) mass is 348 g/mol. The summed E-state index contributed by atoms with van der Waals surface area (Å²) in [4.78, 5) is 26.7. The van der Waals surface area contributed by atoms with Crippen LogP contribution in [0.3, 0.4) is 0 Å². The molecule has 1 aliphatic carbocycles. The first-order chi connectivity index (χ1) is 11.5. The molecule has 2 amide bonds. The number of carbonyl (C=O) groups is 2. The van der Waals surface area contributed by atoms with E-state index in [9.17, 15) is 9.59 Å². The van der Waals surface area contributed by atoms with Gasteiger partial charge in [-0.25, -0.2) is 0 Å². The number of halogens is 1. The number of benzene rings is 1. The number of hydrogen-bond donors (Lipinski definition) is 1. The van der Waals surface area contributed by atoms with Crippen molar-refractivity contribution in [2.45, 2.75) is 58.4 Å². The Morgan fingerprint density at radius 2 is 1.92 bits per heavy atom. The van der Waals surface area contributed by atoms with Crippen molar-refractivity contribution in [1.29, 1.82) is 0 Å². The molecule has 0 bridgehead atoms. The molecule has 24 heavy (non-hydrogen) atoms. The average Bonchev–Trinajstić information content (AvgIpc) is 2.89. The van der Waals surface area contributed by atoms with Gasteiger partial charge in [0.2, 0.25) is 11.8 Å². The topological polar surface area (TPSA) is 49.4 Å². The highest BCUT2D eigenvalue weighted by Crippen LogP contribution is 2.35. The first-order valence-electron chi connectivity index (χ1n) is 8.83. The number of carbonyl (C=O) groups excluding carboxylic acids is 2. The van der Waals surface area contributed by atoms with E-state index in [1.807, 2.05) is 26.0 Å². The molecule has 130 valence electrons. The van der Waals surface area contributed by atoms with Crippen LogP contribution in [-0.4, -0.2) is 24.4 Å². The molecule has 1 aliphatic heterocycles. The minimum Gasteiger partial charge on any atom is -0.353 e. The van der Waals surface area contributed by atoms with Gasteiger partial charge >= 0.3 is 0 Å². The second kappa shape index (κ2) is 7.14. The molecule has 1 aromatic carbocycles. The number of aryl methyl sites for hydroxylation is 2. The van der Waals surface area contributed by atoms with Gasteiger partial charge in [0.25, 0.3) is 0 Å². The fourth-order valence-electron chi connectivity index (χ4n) is 3.92. The van der Waals surface area contributed by atoms with Crippen molar-refractivity contribution in [3.8, 4) is 0 Å². The maximum atomic E-state index is 12.5. The molecule has 1 saturated heterocycles. The molecule has 1 aromatic rings. The van der Waals surface area contributed by atoms with E-state index in [4.69, 9.17) is 11.6 Å². The van der Waals surface area contributed by atoms with E-state index in [-0.39, 0.29) is 30.2 Å². The molecule has 0 spiro atoms. The summed E-state index contributed by atoms with van der Waals surface area (Å²) in [6, 6.07) is 4.16. The van der Waals surface area contributed by atoms with Gasteiger partial charge in [-0.2, -0.15) is 0 Å². The van der Waals surface area contributed by atoms with Crippen LogP contribution in [0.1, 0.15) is 49.7 Å². The Labute approximate surface area is 148 Å². The average molecular weight is 349 g/mol. The smallest absolute Gasteiger partial charge is 0.227 e. The summed E-state index contributed by atoms with van der Waals surface area (Å²) in [6.45, 7) is 4.35. The van der Waals surface area contributed by atoms with Gasteiger partial charge < -0.3 is 10.2 Å². The highest BCUT2D eigenvalue weighted by atomic mass is 35.5. The molecule has 1 unspecified atom stereocenters. The van der Waals surface area contributed by atoms with Crippen LogP contribution < -0.4 is 10.2 Å². The SMILES string of the molecule is Cc1cc(C)c(N2CC(C(=O)NC3CCCCC3)CC2=O)c(Cl)c1. The summed E-state index contributed by atoms with van der Waals surface area (Å²) in [5.74, 6) is -0.289. The van der Waals surface area contributed by atoms with Gasteiger partial charge in [0.1, 0.15) is 0 Å². The third kappa shape index (κ3) is 3.59. The first-order valence-corrected chi connectivity index (χ1v) is 9.21. The lowest BCUT2D eigenvalue weighted by atomic mass is 9.95. The molecule has 0 aromatic heterocycles. The van der Waals surface area contributed by atoms with Gasteiger partial charge in [-0.15, -0.1) is 0 Å². The summed E-state index contributed by atoms with van der Waals surface area (Å²) in [5.41, 5.74) is 2.79. The Bertz CT molecular complexity index is 630. The molecule has 3 rings (SSSR count). The number of amides is 2. The minimum atomic E-state index is -0.281. The van der Waals surface area contributed by atoms with Gasteiger partial charge in [-0.05, 0) is 43.9 Å². The Kier molecular flexibility index (Phi) is 5.14. The standard InChI is InChI=1S/C19H25ClN2O2/c1-12-8-13(2)18(16(20)9-12)22-11-14(10-17(22)23)19(24)21-15-6-4-3-5-7-15/h8-9,14-15H,3-7,10-11H2,1-2H3,(H,21,24). The van der Waals surface area contributed by atoms with Crippen LogP contribution in [0.4, 0.5) is 5.69 Å². The lowest BCUT2D eigenvalue weighted by Crippen LogP contribution is -2.40. The van der Waals surface area contributed by atoms with Crippen molar-refractivity contribution < 1.29 is 9.59 Å². The van der Waals surface area contributed by atoms with Crippen molar-refractivity contribution in [3.05, 3.63) is 28.3 Å². The second-order valence-corrected chi connectivity index (χ2v) is 7.57. The zero-order valence-electron chi connectivity index (χ0n) is 14.4. The van der Waals surface area contributed by atoms with Crippen LogP contribution in [0.25, 0.3) is 0 Å². The van der Waals surface area contributed by atoms with E-state index >= 15 is 0 Å². The molecule has 0 radical (unpaired) electrons. The van der Waals surface area contributed by atoms with Crippen LogP contribution in [-0.2, 0) is 9.59 Å².